The van der Waals surface area contributed by atoms with Gasteiger partial charge in [0.1, 0.15) is 5.67 Å². The number of amides is 2. The Morgan fingerprint density at radius 2 is 2.13 bits per heavy atom. The fraction of sp³-hybridized carbons (Fsp3) is 0.500. The third-order valence-electron chi connectivity index (χ3n) is 5.67. The number of hydroxylamine groups is 1. The summed E-state index contributed by atoms with van der Waals surface area (Å²) in [6.45, 7) is 2.95. The number of carbonyl (C=O) groups is 2. The number of carbonyl (C=O) groups excluding carboxylic acids is 2. The Balaban J connectivity index is 1.65. The lowest BCUT2D eigenvalue weighted by Crippen LogP contribution is -2.50. The highest BCUT2D eigenvalue weighted by molar-refractivity contribution is 7.92. The molecule has 0 saturated heterocycles. The first-order valence-corrected chi connectivity index (χ1v) is 11.1. The van der Waals surface area contributed by atoms with Crippen LogP contribution in [-0.2, 0) is 21.2 Å². The van der Waals surface area contributed by atoms with E-state index in [1.54, 1.807) is 12.3 Å². The van der Waals surface area contributed by atoms with E-state index >= 15 is 0 Å². The van der Waals surface area contributed by atoms with Crippen molar-refractivity contribution in [2.45, 2.75) is 43.6 Å². The molecule has 2 aliphatic rings. The topological polar surface area (TPSA) is 109 Å². The van der Waals surface area contributed by atoms with Gasteiger partial charge in [-0.2, -0.15) is 0 Å². The number of aromatic nitrogens is 1. The number of nitrogens with one attached hydrogen (secondary N) is 1. The summed E-state index contributed by atoms with van der Waals surface area (Å²) in [6, 6.07) is 1.36. The fourth-order valence-electron chi connectivity index (χ4n) is 3.17. The molecule has 3 atom stereocenters. The van der Waals surface area contributed by atoms with E-state index in [2.05, 4.69) is 23.7 Å². The Hall–Kier alpha value is -2.82. The molecule has 0 spiro atoms. The van der Waals surface area contributed by atoms with Gasteiger partial charge in [0.15, 0.2) is 14.6 Å². The number of nitrogens with zero attached hydrogens (tertiary/aromatic N) is 2. The summed E-state index contributed by atoms with van der Waals surface area (Å²) in [5.74, 6) is 9.55. The second kappa shape index (κ2) is 7.46. The minimum atomic E-state index is -3.84. The quantitative estimate of drug-likeness (QED) is 0.409. The predicted molar refractivity (Wildman–Crippen MR) is 106 cm³/mol. The zero-order valence-electron chi connectivity index (χ0n) is 16.8. The first kappa shape index (κ1) is 21.9. The molecule has 0 aromatic carbocycles. The van der Waals surface area contributed by atoms with Crippen LogP contribution in [-0.4, -0.2) is 58.2 Å². The molecule has 1 aromatic rings. The second-order valence-corrected chi connectivity index (χ2v) is 10.5. The summed E-state index contributed by atoms with van der Waals surface area (Å²) in [4.78, 5) is 25.9. The van der Waals surface area contributed by atoms with Crippen LogP contribution in [0, 0.1) is 29.6 Å². The van der Waals surface area contributed by atoms with Crippen LogP contribution in [0.4, 0.5) is 9.18 Å². The number of halogens is 1. The van der Waals surface area contributed by atoms with Crippen LogP contribution >= 0.6 is 0 Å². The lowest BCUT2D eigenvalue weighted by molar-refractivity contribution is -0.131. The van der Waals surface area contributed by atoms with Crippen molar-refractivity contribution in [3.8, 4) is 23.7 Å². The molecule has 8 nitrogen and oxygen atoms in total. The standard InChI is InChI=1S/C20H22FN3O5S/c1-19(21)11-15(19)7-5-4-6-14-10-16-13-23(18(26)24(16)12-14)9-8-20(2,17(25)22-27)30(3,28)29/h10,12,15,27H,8-9,11,13H2,1-3H3,(H,22,25)/t15-,19+,20+/m0/s1. The number of hydrogen-bond donors (Lipinski definition) is 2. The summed E-state index contributed by atoms with van der Waals surface area (Å²) in [7, 11) is -3.84. The van der Waals surface area contributed by atoms with Crippen LogP contribution in [0.5, 0.6) is 0 Å². The molecule has 2 N–H and O–H groups in total. The van der Waals surface area contributed by atoms with Crippen molar-refractivity contribution in [3.63, 3.8) is 0 Å². The maximum absolute atomic E-state index is 13.4. The zero-order valence-corrected chi connectivity index (χ0v) is 17.6. The molecule has 0 unspecified atom stereocenters. The van der Waals surface area contributed by atoms with Crippen LogP contribution in [0.15, 0.2) is 12.3 Å². The van der Waals surface area contributed by atoms with Crippen LogP contribution in [0.1, 0.15) is 37.9 Å². The molecule has 160 valence electrons. The number of rotatable bonds is 5. The van der Waals surface area contributed by atoms with Gasteiger partial charge < -0.3 is 4.90 Å². The van der Waals surface area contributed by atoms with Gasteiger partial charge >= 0.3 is 6.03 Å². The molecule has 1 saturated carbocycles. The molecule has 1 aliphatic heterocycles. The monoisotopic (exact) mass is 435 g/mol. The first-order valence-electron chi connectivity index (χ1n) is 9.24. The molecule has 0 radical (unpaired) electrons. The van der Waals surface area contributed by atoms with Crippen molar-refractivity contribution in [1.82, 2.24) is 14.9 Å². The van der Waals surface area contributed by atoms with Crippen molar-refractivity contribution in [1.29, 1.82) is 0 Å². The first-order chi connectivity index (χ1) is 13.9. The van der Waals surface area contributed by atoms with Gasteiger partial charge in [0, 0.05) is 30.3 Å². The molecular weight excluding hydrogens is 413 g/mol. The molecular formula is C20H22FN3O5S. The van der Waals surface area contributed by atoms with E-state index in [4.69, 9.17) is 5.21 Å². The average Bonchev–Trinajstić information content (AvgIpc) is 2.97. The van der Waals surface area contributed by atoms with Gasteiger partial charge in [-0.25, -0.2) is 23.1 Å². The Morgan fingerprint density at radius 1 is 1.47 bits per heavy atom. The van der Waals surface area contributed by atoms with E-state index in [-0.39, 0.29) is 31.5 Å². The molecule has 3 rings (SSSR count). The van der Waals surface area contributed by atoms with E-state index in [0.717, 1.165) is 6.26 Å². The van der Waals surface area contributed by atoms with E-state index in [1.807, 2.05) is 0 Å². The lowest BCUT2D eigenvalue weighted by atomic mass is 10.1. The van der Waals surface area contributed by atoms with E-state index < -0.39 is 26.2 Å². The highest BCUT2D eigenvalue weighted by Gasteiger charge is 2.50. The lowest BCUT2D eigenvalue weighted by Gasteiger charge is -2.27. The maximum Gasteiger partial charge on any atom is 0.328 e. The molecule has 1 aliphatic carbocycles. The van der Waals surface area contributed by atoms with E-state index in [1.165, 1.54) is 28.8 Å². The van der Waals surface area contributed by atoms with Crippen molar-refractivity contribution >= 4 is 21.8 Å². The highest BCUT2D eigenvalue weighted by atomic mass is 32.2. The van der Waals surface area contributed by atoms with Crippen LogP contribution in [0.3, 0.4) is 0 Å². The van der Waals surface area contributed by atoms with Crippen LogP contribution < -0.4 is 5.48 Å². The molecule has 1 aromatic heterocycles. The molecule has 1 fully saturated rings. The van der Waals surface area contributed by atoms with Crippen molar-refractivity contribution < 1.29 is 27.6 Å². The van der Waals surface area contributed by atoms with Crippen molar-refractivity contribution in [3.05, 3.63) is 23.5 Å². The Morgan fingerprint density at radius 3 is 2.67 bits per heavy atom. The summed E-state index contributed by atoms with van der Waals surface area (Å²) >= 11 is 0. The Labute approximate surface area is 174 Å². The summed E-state index contributed by atoms with van der Waals surface area (Å²) < 4.78 is 37.0. The van der Waals surface area contributed by atoms with Gasteiger partial charge in [-0.3, -0.25) is 14.6 Å². The van der Waals surface area contributed by atoms with E-state index in [0.29, 0.717) is 17.7 Å². The average molecular weight is 435 g/mol. The van der Waals surface area contributed by atoms with Gasteiger partial charge in [-0.15, -0.1) is 0 Å². The maximum atomic E-state index is 13.4. The third-order valence-corrected chi connectivity index (χ3v) is 7.70. The minimum absolute atomic E-state index is 0.00732. The number of sulfone groups is 1. The molecule has 2 heterocycles. The largest absolute Gasteiger partial charge is 0.328 e. The van der Waals surface area contributed by atoms with E-state index in [9.17, 15) is 22.4 Å². The Bertz CT molecular complexity index is 1130. The molecule has 30 heavy (non-hydrogen) atoms. The van der Waals surface area contributed by atoms with Gasteiger partial charge in [0.05, 0.1) is 12.5 Å². The molecule has 0 bridgehead atoms. The second-order valence-electron chi connectivity index (χ2n) is 8.04. The SMILES string of the molecule is C[C@@]1(F)C[C@@H]1C#CC#Cc1cc2n(c1)C(=O)N(CC[C@](C)(C(=O)NO)S(C)(=O)=O)C2. The number of hydrogen-bond acceptors (Lipinski definition) is 5. The summed E-state index contributed by atoms with van der Waals surface area (Å²) in [6.07, 6.45) is 2.71. The molecule has 10 heteroatoms. The number of fused-ring (bicyclic) bond motifs is 1. The van der Waals surface area contributed by atoms with Crippen molar-refractivity contribution in [2.24, 2.45) is 5.92 Å². The fourth-order valence-corrected chi connectivity index (χ4v) is 4.01. The van der Waals surface area contributed by atoms with Gasteiger partial charge in [-0.05, 0) is 44.6 Å². The highest BCUT2D eigenvalue weighted by Crippen LogP contribution is 2.46. The minimum Gasteiger partial charge on any atom is -0.318 e. The summed E-state index contributed by atoms with van der Waals surface area (Å²) in [5.41, 5.74) is 1.43. The normalized spacial score (nSPS) is 24.1. The predicted octanol–water partition coefficient (Wildman–Crippen LogP) is 1.07. The zero-order chi connectivity index (χ0) is 22.3. The van der Waals surface area contributed by atoms with Gasteiger partial charge in [0.25, 0.3) is 5.91 Å². The van der Waals surface area contributed by atoms with Gasteiger partial charge in [-0.1, -0.05) is 11.8 Å². The summed E-state index contributed by atoms with van der Waals surface area (Å²) in [5, 5.41) is 8.88. The van der Waals surface area contributed by atoms with Crippen molar-refractivity contribution in [2.75, 3.05) is 12.8 Å². The Kier molecular flexibility index (Phi) is 5.44. The van der Waals surface area contributed by atoms with Crippen LogP contribution in [0.25, 0.3) is 0 Å². The number of alkyl halides is 1. The smallest absolute Gasteiger partial charge is 0.318 e. The van der Waals surface area contributed by atoms with Crippen LogP contribution in [0.2, 0.25) is 0 Å². The molecule has 2 amide bonds. The van der Waals surface area contributed by atoms with Gasteiger partial charge in [0.2, 0.25) is 0 Å². The third kappa shape index (κ3) is 4.07.